The molecule has 0 saturated heterocycles. The largest absolute Gasteiger partial charge is 0.363 e. The maximum Gasteiger partial charge on any atom is 0.198 e. The molecule has 0 saturated carbocycles. The second kappa shape index (κ2) is 5.16. The summed E-state index contributed by atoms with van der Waals surface area (Å²) in [5.41, 5.74) is 3.35. The molecule has 1 aromatic heterocycles. The van der Waals surface area contributed by atoms with E-state index in [1.165, 1.54) is 11.3 Å². The lowest BCUT2D eigenvalue weighted by atomic mass is 9.93. The van der Waals surface area contributed by atoms with Crippen LogP contribution in [0.25, 0.3) is 0 Å². The summed E-state index contributed by atoms with van der Waals surface area (Å²) in [6.45, 7) is 3.66. The molecular weight excluding hydrogens is 248 g/mol. The highest BCUT2D eigenvalue weighted by Crippen LogP contribution is 2.29. The Bertz CT molecular complexity index is 629. The van der Waals surface area contributed by atoms with E-state index in [2.05, 4.69) is 36.1 Å². The first-order valence-corrected chi connectivity index (χ1v) is 7.12. The Kier molecular flexibility index (Phi) is 3.35. The molecule has 1 aromatic carbocycles. The molecule has 0 spiro atoms. The zero-order valence-electron chi connectivity index (χ0n) is 12.0. The van der Waals surface area contributed by atoms with Gasteiger partial charge in [0.2, 0.25) is 0 Å². The van der Waals surface area contributed by atoms with Crippen LogP contribution in [0.4, 0.5) is 5.69 Å². The number of nitrogens with zero attached hydrogens (tertiary/aromatic N) is 2. The SMILES string of the molecule is CC1Cc2ccccc2N(CC(=O)c2cccn2C)C1. The van der Waals surface area contributed by atoms with E-state index in [1.54, 1.807) is 0 Å². The van der Waals surface area contributed by atoms with E-state index in [-0.39, 0.29) is 5.78 Å². The van der Waals surface area contributed by atoms with Gasteiger partial charge in [-0.15, -0.1) is 0 Å². The number of ketones is 1. The van der Waals surface area contributed by atoms with Gasteiger partial charge in [-0.05, 0) is 36.1 Å². The summed E-state index contributed by atoms with van der Waals surface area (Å²) in [7, 11) is 1.92. The Morgan fingerprint density at radius 2 is 2.05 bits per heavy atom. The van der Waals surface area contributed by atoms with Crippen LogP contribution in [0.15, 0.2) is 42.6 Å². The van der Waals surface area contributed by atoms with E-state index in [4.69, 9.17) is 0 Å². The van der Waals surface area contributed by atoms with Crippen molar-refractivity contribution in [1.29, 1.82) is 0 Å². The van der Waals surface area contributed by atoms with E-state index in [1.807, 2.05) is 29.9 Å². The summed E-state index contributed by atoms with van der Waals surface area (Å²) in [5.74, 6) is 0.771. The van der Waals surface area contributed by atoms with E-state index in [0.717, 1.165) is 18.7 Å². The Labute approximate surface area is 119 Å². The highest BCUT2D eigenvalue weighted by molar-refractivity contribution is 5.98. The minimum atomic E-state index is 0.182. The molecule has 1 aliphatic rings. The number of anilines is 1. The molecule has 2 heterocycles. The van der Waals surface area contributed by atoms with Gasteiger partial charge in [-0.25, -0.2) is 0 Å². The number of benzene rings is 1. The summed E-state index contributed by atoms with van der Waals surface area (Å²) < 4.78 is 1.89. The molecule has 3 rings (SSSR count). The van der Waals surface area contributed by atoms with Gasteiger partial charge >= 0.3 is 0 Å². The molecule has 3 heteroatoms. The van der Waals surface area contributed by atoms with Crippen LogP contribution in [-0.2, 0) is 13.5 Å². The number of carbonyl (C=O) groups excluding carboxylic acids is 1. The van der Waals surface area contributed by atoms with Gasteiger partial charge < -0.3 is 9.47 Å². The van der Waals surface area contributed by atoms with Gasteiger partial charge in [0, 0.05) is 25.5 Å². The number of para-hydroxylation sites is 1. The third-order valence-corrected chi connectivity index (χ3v) is 4.00. The first-order chi connectivity index (χ1) is 9.65. The molecule has 0 radical (unpaired) electrons. The summed E-state index contributed by atoms with van der Waals surface area (Å²) in [6.07, 6.45) is 3.02. The van der Waals surface area contributed by atoms with Crippen LogP contribution in [0.1, 0.15) is 23.0 Å². The monoisotopic (exact) mass is 268 g/mol. The quantitative estimate of drug-likeness (QED) is 0.800. The number of rotatable bonds is 3. The van der Waals surface area contributed by atoms with Gasteiger partial charge in [-0.2, -0.15) is 0 Å². The lowest BCUT2D eigenvalue weighted by Crippen LogP contribution is -2.38. The molecule has 20 heavy (non-hydrogen) atoms. The summed E-state index contributed by atoms with van der Waals surface area (Å²) in [4.78, 5) is 14.7. The average Bonchev–Trinajstić information content (AvgIpc) is 2.85. The molecule has 0 amide bonds. The third-order valence-electron chi connectivity index (χ3n) is 4.00. The molecule has 104 valence electrons. The minimum Gasteiger partial charge on any atom is -0.363 e. The van der Waals surface area contributed by atoms with Crippen molar-refractivity contribution in [2.45, 2.75) is 13.3 Å². The van der Waals surface area contributed by atoms with Gasteiger partial charge in [0.05, 0.1) is 12.2 Å². The van der Waals surface area contributed by atoms with Crippen molar-refractivity contribution >= 4 is 11.5 Å². The fourth-order valence-electron chi connectivity index (χ4n) is 3.06. The van der Waals surface area contributed by atoms with E-state index in [0.29, 0.717) is 12.5 Å². The summed E-state index contributed by atoms with van der Waals surface area (Å²) in [6, 6.07) is 12.2. The second-order valence-electron chi connectivity index (χ2n) is 5.75. The molecule has 1 aliphatic heterocycles. The fraction of sp³-hybridized carbons (Fsp3) is 0.353. The third kappa shape index (κ3) is 2.36. The number of fused-ring (bicyclic) bond motifs is 1. The van der Waals surface area contributed by atoms with Crippen LogP contribution < -0.4 is 4.90 Å². The number of aryl methyl sites for hydroxylation is 1. The number of hydrogen-bond donors (Lipinski definition) is 0. The van der Waals surface area contributed by atoms with Gasteiger partial charge in [0.15, 0.2) is 5.78 Å². The van der Waals surface area contributed by atoms with Crippen LogP contribution in [-0.4, -0.2) is 23.4 Å². The zero-order valence-corrected chi connectivity index (χ0v) is 12.0. The maximum absolute atomic E-state index is 12.4. The first kappa shape index (κ1) is 13.0. The normalized spacial score (nSPS) is 17.9. The molecule has 1 unspecified atom stereocenters. The number of aromatic nitrogens is 1. The first-order valence-electron chi connectivity index (χ1n) is 7.12. The number of carbonyl (C=O) groups is 1. The molecule has 0 N–H and O–H groups in total. The van der Waals surface area contributed by atoms with Crippen LogP contribution >= 0.6 is 0 Å². The van der Waals surface area contributed by atoms with Crippen LogP contribution in [0.5, 0.6) is 0 Å². The Morgan fingerprint density at radius 3 is 2.80 bits per heavy atom. The van der Waals surface area contributed by atoms with E-state index < -0.39 is 0 Å². The zero-order chi connectivity index (χ0) is 14.1. The Balaban J connectivity index is 1.84. The Hall–Kier alpha value is -2.03. The van der Waals surface area contributed by atoms with Crippen LogP contribution in [0.3, 0.4) is 0 Å². The molecule has 1 atom stereocenters. The molecule has 0 fully saturated rings. The van der Waals surface area contributed by atoms with Crippen LogP contribution in [0, 0.1) is 5.92 Å². The standard InChI is InChI=1S/C17H20N2O/c1-13-10-14-6-3-4-7-15(14)19(11-13)12-17(20)16-8-5-9-18(16)2/h3-9,13H,10-12H2,1-2H3. The smallest absolute Gasteiger partial charge is 0.198 e. The minimum absolute atomic E-state index is 0.182. The molecule has 2 aromatic rings. The molecule has 3 nitrogen and oxygen atoms in total. The van der Waals surface area contributed by atoms with Crippen molar-refractivity contribution < 1.29 is 4.79 Å². The number of hydrogen-bond acceptors (Lipinski definition) is 2. The van der Waals surface area contributed by atoms with E-state index >= 15 is 0 Å². The maximum atomic E-state index is 12.4. The number of Topliss-reactive ketones (excluding diaryl/α,β-unsaturated/α-hetero) is 1. The molecular formula is C17H20N2O. The van der Waals surface area contributed by atoms with Crippen molar-refractivity contribution in [2.24, 2.45) is 13.0 Å². The highest BCUT2D eigenvalue weighted by Gasteiger charge is 2.23. The lowest BCUT2D eigenvalue weighted by Gasteiger charge is -2.34. The van der Waals surface area contributed by atoms with Gasteiger partial charge in [0.25, 0.3) is 0 Å². The lowest BCUT2D eigenvalue weighted by molar-refractivity contribution is 0.0990. The summed E-state index contributed by atoms with van der Waals surface area (Å²) >= 11 is 0. The molecule has 0 bridgehead atoms. The topological polar surface area (TPSA) is 25.2 Å². The van der Waals surface area contributed by atoms with E-state index in [9.17, 15) is 4.79 Å². The Morgan fingerprint density at radius 1 is 1.25 bits per heavy atom. The predicted molar refractivity (Wildman–Crippen MR) is 81.3 cm³/mol. The summed E-state index contributed by atoms with van der Waals surface area (Å²) in [5, 5.41) is 0. The average molecular weight is 268 g/mol. The fourth-order valence-corrected chi connectivity index (χ4v) is 3.06. The second-order valence-corrected chi connectivity index (χ2v) is 5.75. The van der Waals surface area contributed by atoms with Gasteiger partial charge in [-0.1, -0.05) is 25.1 Å². The van der Waals surface area contributed by atoms with Crippen molar-refractivity contribution in [3.63, 3.8) is 0 Å². The van der Waals surface area contributed by atoms with Gasteiger partial charge in [-0.3, -0.25) is 4.79 Å². The van der Waals surface area contributed by atoms with Crippen molar-refractivity contribution in [2.75, 3.05) is 18.0 Å². The van der Waals surface area contributed by atoms with Gasteiger partial charge in [0.1, 0.15) is 0 Å². The molecule has 0 aliphatic carbocycles. The van der Waals surface area contributed by atoms with Crippen molar-refractivity contribution in [1.82, 2.24) is 4.57 Å². The highest BCUT2D eigenvalue weighted by atomic mass is 16.1. The van der Waals surface area contributed by atoms with Crippen molar-refractivity contribution in [3.05, 3.63) is 53.9 Å². The van der Waals surface area contributed by atoms with Crippen LogP contribution in [0.2, 0.25) is 0 Å². The van der Waals surface area contributed by atoms with Crippen molar-refractivity contribution in [3.8, 4) is 0 Å². The predicted octanol–water partition coefficient (Wildman–Crippen LogP) is 2.91.